The second-order valence-corrected chi connectivity index (χ2v) is 4.18. The summed E-state index contributed by atoms with van der Waals surface area (Å²) < 4.78 is 11.5. The van der Waals surface area contributed by atoms with E-state index in [-0.39, 0.29) is 6.04 Å². The van der Waals surface area contributed by atoms with Crippen molar-refractivity contribution in [3.63, 3.8) is 0 Å². The van der Waals surface area contributed by atoms with Gasteiger partial charge in [0.1, 0.15) is 11.5 Å². The minimum absolute atomic E-state index is 0.0594. The third kappa shape index (κ3) is 2.30. The standard InChI is InChI=1S/C10H14INO2/c1-6(12)7-4-10(14-3)8(11)5-9(7)13-2/h4-6H,12H2,1-3H3/t6-/m0/s1. The molecule has 0 fully saturated rings. The first-order chi connectivity index (χ1) is 6.60. The van der Waals surface area contributed by atoms with Crippen LogP contribution in [0.1, 0.15) is 18.5 Å². The zero-order valence-corrected chi connectivity index (χ0v) is 10.7. The van der Waals surface area contributed by atoms with E-state index in [1.807, 2.05) is 19.1 Å². The molecule has 0 radical (unpaired) electrons. The molecule has 4 heteroatoms. The summed E-state index contributed by atoms with van der Waals surface area (Å²) in [5.41, 5.74) is 6.79. The number of hydrogen-bond acceptors (Lipinski definition) is 3. The monoisotopic (exact) mass is 307 g/mol. The highest BCUT2D eigenvalue weighted by Crippen LogP contribution is 2.32. The molecule has 0 aliphatic heterocycles. The number of methoxy groups -OCH3 is 2. The summed E-state index contributed by atoms with van der Waals surface area (Å²) in [5.74, 6) is 1.64. The Hall–Kier alpha value is -0.490. The topological polar surface area (TPSA) is 44.5 Å². The lowest BCUT2D eigenvalue weighted by Gasteiger charge is -2.14. The predicted octanol–water partition coefficient (Wildman–Crippen LogP) is 2.33. The smallest absolute Gasteiger partial charge is 0.132 e. The Balaban J connectivity index is 3.25. The fourth-order valence-electron chi connectivity index (χ4n) is 1.24. The van der Waals surface area contributed by atoms with E-state index in [9.17, 15) is 0 Å². The minimum atomic E-state index is -0.0594. The molecule has 0 saturated carbocycles. The molecule has 0 spiro atoms. The Morgan fingerprint density at radius 3 is 2.21 bits per heavy atom. The van der Waals surface area contributed by atoms with Gasteiger partial charge in [-0.15, -0.1) is 0 Å². The van der Waals surface area contributed by atoms with Crippen molar-refractivity contribution in [2.75, 3.05) is 14.2 Å². The van der Waals surface area contributed by atoms with E-state index >= 15 is 0 Å². The van der Waals surface area contributed by atoms with Crippen LogP contribution in [0.2, 0.25) is 0 Å². The van der Waals surface area contributed by atoms with Crippen molar-refractivity contribution in [3.05, 3.63) is 21.3 Å². The zero-order chi connectivity index (χ0) is 10.7. The van der Waals surface area contributed by atoms with Gasteiger partial charge in [0.25, 0.3) is 0 Å². The van der Waals surface area contributed by atoms with Crippen LogP contribution in [0.4, 0.5) is 0 Å². The van der Waals surface area contributed by atoms with Gasteiger partial charge in [-0.3, -0.25) is 0 Å². The maximum absolute atomic E-state index is 5.83. The summed E-state index contributed by atoms with van der Waals surface area (Å²) >= 11 is 2.20. The Bertz CT molecular complexity index is 326. The van der Waals surface area contributed by atoms with Crippen LogP contribution in [0.5, 0.6) is 11.5 Å². The van der Waals surface area contributed by atoms with Crippen LogP contribution in [0.25, 0.3) is 0 Å². The predicted molar refractivity (Wildman–Crippen MR) is 64.9 cm³/mol. The normalized spacial score (nSPS) is 12.4. The third-order valence-corrected chi connectivity index (χ3v) is 2.84. The van der Waals surface area contributed by atoms with E-state index < -0.39 is 0 Å². The lowest BCUT2D eigenvalue weighted by molar-refractivity contribution is 0.394. The molecule has 0 aliphatic carbocycles. The van der Waals surface area contributed by atoms with Gasteiger partial charge in [-0.05, 0) is 41.6 Å². The number of halogens is 1. The SMILES string of the molecule is COc1cc([C@H](C)N)c(OC)cc1I. The second kappa shape index (κ2) is 4.84. The van der Waals surface area contributed by atoms with Crippen LogP contribution in [0, 0.1) is 3.57 Å². The fourth-order valence-corrected chi connectivity index (χ4v) is 1.90. The quantitative estimate of drug-likeness (QED) is 0.872. The van der Waals surface area contributed by atoms with Gasteiger partial charge in [-0.1, -0.05) is 0 Å². The number of benzene rings is 1. The van der Waals surface area contributed by atoms with E-state index in [0.717, 1.165) is 20.6 Å². The van der Waals surface area contributed by atoms with E-state index in [4.69, 9.17) is 15.2 Å². The Labute approximate surface area is 97.7 Å². The van der Waals surface area contributed by atoms with Crippen molar-refractivity contribution in [1.29, 1.82) is 0 Å². The molecular weight excluding hydrogens is 293 g/mol. The van der Waals surface area contributed by atoms with E-state index in [0.29, 0.717) is 0 Å². The van der Waals surface area contributed by atoms with Crippen LogP contribution in [0.3, 0.4) is 0 Å². The van der Waals surface area contributed by atoms with Crippen LogP contribution in [-0.4, -0.2) is 14.2 Å². The maximum atomic E-state index is 5.83. The first-order valence-corrected chi connectivity index (χ1v) is 5.35. The molecule has 1 aromatic carbocycles. The van der Waals surface area contributed by atoms with Crippen molar-refractivity contribution in [2.45, 2.75) is 13.0 Å². The van der Waals surface area contributed by atoms with Crippen LogP contribution in [-0.2, 0) is 0 Å². The van der Waals surface area contributed by atoms with Crippen molar-refractivity contribution in [2.24, 2.45) is 5.73 Å². The second-order valence-electron chi connectivity index (χ2n) is 3.02. The average Bonchev–Trinajstić information content (AvgIpc) is 2.16. The molecule has 0 heterocycles. The van der Waals surface area contributed by atoms with Gasteiger partial charge in [0.2, 0.25) is 0 Å². The number of rotatable bonds is 3. The van der Waals surface area contributed by atoms with Gasteiger partial charge in [0.05, 0.1) is 17.8 Å². The molecule has 2 N–H and O–H groups in total. The summed E-state index contributed by atoms with van der Waals surface area (Å²) in [6.07, 6.45) is 0. The lowest BCUT2D eigenvalue weighted by atomic mass is 10.1. The van der Waals surface area contributed by atoms with E-state index in [1.165, 1.54) is 0 Å². The molecule has 0 aliphatic rings. The van der Waals surface area contributed by atoms with Gasteiger partial charge >= 0.3 is 0 Å². The van der Waals surface area contributed by atoms with Gasteiger partial charge < -0.3 is 15.2 Å². The fraction of sp³-hybridized carbons (Fsp3) is 0.400. The van der Waals surface area contributed by atoms with Gasteiger partial charge in [0.15, 0.2) is 0 Å². The Kier molecular flexibility index (Phi) is 4.00. The largest absolute Gasteiger partial charge is 0.496 e. The molecular formula is C10H14INO2. The van der Waals surface area contributed by atoms with Crippen molar-refractivity contribution in [1.82, 2.24) is 0 Å². The first kappa shape index (κ1) is 11.6. The van der Waals surface area contributed by atoms with E-state index in [2.05, 4.69) is 22.6 Å². The maximum Gasteiger partial charge on any atom is 0.132 e. The lowest BCUT2D eigenvalue weighted by Crippen LogP contribution is -2.07. The molecule has 3 nitrogen and oxygen atoms in total. The molecule has 0 aromatic heterocycles. The highest BCUT2D eigenvalue weighted by Gasteiger charge is 2.12. The Morgan fingerprint density at radius 2 is 1.79 bits per heavy atom. The van der Waals surface area contributed by atoms with Crippen molar-refractivity contribution < 1.29 is 9.47 Å². The van der Waals surface area contributed by atoms with Gasteiger partial charge in [-0.25, -0.2) is 0 Å². The first-order valence-electron chi connectivity index (χ1n) is 4.27. The highest BCUT2D eigenvalue weighted by atomic mass is 127. The molecule has 0 unspecified atom stereocenters. The number of ether oxygens (including phenoxy) is 2. The molecule has 1 rings (SSSR count). The van der Waals surface area contributed by atoms with Gasteiger partial charge in [0, 0.05) is 11.6 Å². The molecule has 1 aromatic rings. The molecule has 0 saturated heterocycles. The summed E-state index contributed by atoms with van der Waals surface area (Å²) in [6, 6.07) is 3.79. The van der Waals surface area contributed by atoms with Gasteiger partial charge in [-0.2, -0.15) is 0 Å². The molecule has 78 valence electrons. The minimum Gasteiger partial charge on any atom is -0.496 e. The van der Waals surface area contributed by atoms with Crippen LogP contribution >= 0.6 is 22.6 Å². The molecule has 14 heavy (non-hydrogen) atoms. The average molecular weight is 307 g/mol. The molecule has 0 bridgehead atoms. The number of hydrogen-bond donors (Lipinski definition) is 1. The summed E-state index contributed by atoms with van der Waals surface area (Å²) in [4.78, 5) is 0. The summed E-state index contributed by atoms with van der Waals surface area (Å²) in [6.45, 7) is 1.92. The highest BCUT2D eigenvalue weighted by molar-refractivity contribution is 14.1. The molecule has 0 amide bonds. The zero-order valence-electron chi connectivity index (χ0n) is 8.50. The van der Waals surface area contributed by atoms with Crippen molar-refractivity contribution in [3.8, 4) is 11.5 Å². The van der Waals surface area contributed by atoms with Crippen LogP contribution < -0.4 is 15.2 Å². The molecule has 1 atom stereocenters. The van der Waals surface area contributed by atoms with Crippen molar-refractivity contribution >= 4 is 22.6 Å². The summed E-state index contributed by atoms with van der Waals surface area (Å²) in [5, 5.41) is 0. The summed E-state index contributed by atoms with van der Waals surface area (Å²) in [7, 11) is 3.29. The third-order valence-electron chi connectivity index (χ3n) is 1.99. The number of nitrogens with two attached hydrogens (primary N) is 1. The van der Waals surface area contributed by atoms with E-state index in [1.54, 1.807) is 14.2 Å². The van der Waals surface area contributed by atoms with Crippen LogP contribution in [0.15, 0.2) is 12.1 Å². The Morgan fingerprint density at radius 1 is 1.21 bits per heavy atom.